The Bertz CT molecular complexity index is 753. The molecule has 0 radical (unpaired) electrons. The Morgan fingerprint density at radius 3 is 2.14 bits per heavy atom. The molecule has 22 heavy (non-hydrogen) atoms. The van der Waals surface area contributed by atoms with Gasteiger partial charge in [0.1, 0.15) is 0 Å². The van der Waals surface area contributed by atoms with Crippen molar-refractivity contribution in [3.63, 3.8) is 0 Å². The molecule has 2 aromatic carbocycles. The number of benzene rings is 2. The second-order valence-corrected chi connectivity index (χ2v) is 6.91. The van der Waals surface area contributed by atoms with Crippen molar-refractivity contribution in [3.8, 4) is 0 Å². The number of rotatable bonds is 2. The van der Waals surface area contributed by atoms with Crippen LogP contribution in [0.25, 0.3) is 0 Å². The van der Waals surface area contributed by atoms with Gasteiger partial charge >= 0.3 is 0 Å². The molecule has 2 nitrogen and oxygen atoms in total. The molecule has 2 heteroatoms. The Hall–Kier alpha value is -2.09. The molecule has 2 unspecified atom stereocenters. The molecule has 0 aliphatic heterocycles. The lowest BCUT2D eigenvalue weighted by Gasteiger charge is -2.26. The van der Waals surface area contributed by atoms with Crippen molar-refractivity contribution in [2.75, 3.05) is 7.05 Å². The largest absolute Gasteiger partial charge is 0.359 e. The number of carbonyl (C=O) groups is 1. The molecule has 110 valence electrons. The van der Waals surface area contributed by atoms with Gasteiger partial charge in [0.15, 0.2) is 0 Å². The third-order valence-corrected chi connectivity index (χ3v) is 6.18. The number of fused-ring (bicyclic) bond motifs is 4. The summed E-state index contributed by atoms with van der Waals surface area (Å²) in [5.74, 6) is 3.06. The van der Waals surface area contributed by atoms with E-state index in [0.29, 0.717) is 29.6 Å². The Labute approximate surface area is 130 Å². The Morgan fingerprint density at radius 1 is 0.818 bits per heavy atom. The topological polar surface area (TPSA) is 29.1 Å². The molecule has 1 N–H and O–H groups in total. The molecule has 0 bridgehead atoms. The highest BCUT2D eigenvalue weighted by molar-refractivity contribution is 5.83. The highest BCUT2D eigenvalue weighted by atomic mass is 16.1. The molecule has 2 aromatic rings. The molecule has 0 spiro atoms. The number of carbonyl (C=O) groups excluding carboxylic acids is 1. The van der Waals surface area contributed by atoms with Crippen molar-refractivity contribution in [1.82, 2.24) is 5.32 Å². The first kappa shape index (κ1) is 12.5. The lowest BCUT2D eigenvalue weighted by atomic mass is 9.78. The normalized spacial score (nSPS) is 36.6. The number of hydrogen-bond donors (Lipinski definition) is 1. The third kappa shape index (κ3) is 1.38. The molecule has 0 heterocycles. The summed E-state index contributed by atoms with van der Waals surface area (Å²) >= 11 is 0. The van der Waals surface area contributed by atoms with E-state index >= 15 is 0 Å². The lowest BCUT2D eigenvalue weighted by molar-refractivity contribution is -0.125. The second-order valence-electron chi connectivity index (χ2n) is 6.91. The molecule has 3 aliphatic carbocycles. The van der Waals surface area contributed by atoms with Crippen LogP contribution < -0.4 is 5.32 Å². The lowest BCUT2D eigenvalue weighted by Crippen LogP contribution is -2.32. The van der Waals surface area contributed by atoms with Gasteiger partial charge in [0, 0.05) is 18.9 Å². The standard InChI is InChI=1S/C20H19NO/c1-21-20(22)19-14(11-7-3-2-4-8-11)15-12-9-5-6-10-13(12)16-17(15)18(16)19/h2-10,14-19H,1H3,(H,21,22)/t14-,15+,16+,17?,18?,19+/m0/s1. The molecule has 0 saturated heterocycles. The molecular weight excluding hydrogens is 270 g/mol. The van der Waals surface area contributed by atoms with Crippen molar-refractivity contribution >= 4 is 5.91 Å². The minimum atomic E-state index is 0.125. The summed E-state index contributed by atoms with van der Waals surface area (Å²) in [5, 5.41) is 2.92. The van der Waals surface area contributed by atoms with Gasteiger partial charge in [0.25, 0.3) is 0 Å². The first-order chi connectivity index (χ1) is 10.8. The van der Waals surface area contributed by atoms with E-state index in [2.05, 4.69) is 59.9 Å². The summed E-state index contributed by atoms with van der Waals surface area (Å²) in [4.78, 5) is 12.6. The maximum Gasteiger partial charge on any atom is 0.223 e. The number of hydrogen-bond acceptors (Lipinski definition) is 1. The zero-order valence-corrected chi connectivity index (χ0v) is 12.6. The van der Waals surface area contributed by atoms with E-state index < -0.39 is 0 Å². The van der Waals surface area contributed by atoms with Gasteiger partial charge in [0.05, 0.1) is 0 Å². The Balaban J connectivity index is 1.67. The van der Waals surface area contributed by atoms with Gasteiger partial charge in [-0.3, -0.25) is 4.79 Å². The van der Waals surface area contributed by atoms with Crippen LogP contribution in [-0.2, 0) is 4.79 Å². The maximum atomic E-state index is 12.6. The summed E-state index contributed by atoms with van der Waals surface area (Å²) < 4.78 is 0. The van der Waals surface area contributed by atoms with Gasteiger partial charge in [-0.25, -0.2) is 0 Å². The van der Waals surface area contributed by atoms with Crippen LogP contribution in [0.15, 0.2) is 54.6 Å². The van der Waals surface area contributed by atoms with E-state index in [1.165, 1.54) is 16.7 Å². The molecule has 2 saturated carbocycles. The fourth-order valence-corrected chi connectivity index (χ4v) is 5.51. The van der Waals surface area contributed by atoms with E-state index in [0.717, 1.165) is 0 Å². The molecule has 5 rings (SSSR count). The zero-order chi connectivity index (χ0) is 14.8. The van der Waals surface area contributed by atoms with Crippen LogP contribution in [0.2, 0.25) is 0 Å². The summed E-state index contributed by atoms with van der Waals surface area (Å²) in [6.07, 6.45) is 0. The van der Waals surface area contributed by atoms with E-state index in [1.54, 1.807) is 7.05 Å². The van der Waals surface area contributed by atoms with Crippen molar-refractivity contribution < 1.29 is 4.79 Å². The molecule has 1 amide bonds. The second kappa shape index (κ2) is 4.22. The number of nitrogens with one attached hydrogen (secondary N) is 1. The van der Waals surface area contributed by atoms with Gasteiger partial charge in [-0.2, -0.15) is 0 Å². The average Bonchev–Trinajstić information content (AvgIpc) is 3.09. The van der Waals surface area contributed by atoms with Gasteiger partial charge in [-0.15, -0.1) is 0 Å². The highest BCUT2D eigenvalue weighted by Gasteiger charge is 2.72. The van der Waals surface area contributed by atoms with E-state index in [9.17, 15) is 4.79 Å². The maximum absolute atomic E-state index is 12.6. The fourth-order valence-electron chi connectivity index (χ4n) is 5.51. The Morgan fingerprint density at radius 2 is 1.45 bits per heavy atom. The van der Waals surface area contributed by atoms with Gasteiger partial charge in [0.2, 0.25) is 5.91 Å². The summed E-state index contributed by atoms with van der Waals surface area (Å²) in [6.45, 7) is 0. The first-order valence-corrected chi connectivity index (χ1v) is 8.18. The van der Waals surface area contributed by atoms with E-state index in [4.69, 9.17) is 0 Å². The highest BCUT2D eigenvalue weighted by Crippen LogP contribution is 2.79. The average molecular weight is 289 g/mol. The minimum Gasteiger partial charge on any atom is -0.359 e. The fraction of sp³-hybridized carbons (Fsp3) is 0.350. The van der Waals surface area contributed by atoms with E-state index in [-0.39, 0.29) is 11.8 Å². The van der Waals surface area contributed by atoms with Crippen LogP contribution >= 0.6 is 0 Å². The SMILES string of the molecule is CNC(=O)[C@H]1C2C3[C@H]2c2ccccc2[C@@H]3[C@@H]1c1ccccc1. The molecule has 0 aromatic heterocycles. The van der Waals surface area contributed by atoms with Gasteiger partial charge in [-0.1, -0.05) is 54.6 Å². The predicted octanol–water partition coefficient (Wildman–Crippen LogP) is 3.27. The van der Waals surface area contributed by atoms with Crippen LogP contribution in [0.3, 0.4) is 0 Å². The smallest absolute Gasteiger partial charge is 0.223 e. The number of amides is 1. The first-order valence-electron chi connectivity index (χ1n) is 8.18. The van der Waals surface area contributed by atoms with Crippen LogP contribution in [0.1, 0.15) is 34.4 Å². The molecular formula is C20H19NO. The van der Waals surface area contributed by atoms with Gasteiger partial charge in [-0.05, 0) is 40.4 Å². The van der Waals surface area contributed by atoms with Crippen LogP contribution in [0, 0.1) is 17.8 Å². The third-order valence-electron chi connectivity index (χ3n) is 6.18. The summed E-state index contributed by atoms with van der Waals surface area (Å²) in [6, 6.07) is 19.5. The van der Waals surface area contributed by atoms with Gasteiger partial charge < -0.3 is 5.32 Å². The van der Waals surface area contributed by atoms with Crippen LogP contribution in [0.4, 0.5) is 0 Å². The monoisotopic (exact) mass is 289 g/mol. The van der Waals surface area contributed by atoms with Crippen molar-refractivity contribution in [2.45, 2.75) is 17.8 Å². The van der Waals surface area contributed by atoms with Crippen LogP contribution in [-0.4, -0.2) is 13.0 Å². The molecule has 6 atom stereocenters. The zero-order valence-electron chi connectivity index (χ0n) is 12.6. The van der Waals surface area contributed by atoms with Crippen molar-refractivity contribution in [2.24, 2.45) is 17.8 Å². The minimum absolute atomic E-state index is 0.125. The van der Waals surface area contributed by atoms with Crippen molar-refractivity contribution in [3.05, 3.63) is 71.3 Å². The summed E-state index contributed by atoms with van der Waals surface area (Å²) in [7, 11) is 1.77. The van der Waals surface area contributed by atoms with E-state index in [1.807, 2.05) is 0 Å². The Kier molecular flexibility index (Phi) is 2.39. The quantitative estimate of drug-likeness (QED) is 0.903. The summed E-state index contributed by atoms with van der Waals surface area (Å²) in [5.41, 5.74) is 4.33. The molecule has 2 fully saturated rings. The predicted molar refractivity (Wildman–Crippen MR) is 85.6 cm³/mol. The van der Waals surface area contributed by atoms with Crippen LogP contribution in [0.5, 0.6) is 0 Å². The molecule has 3 aliphatic rings. The van der Waals surface area contributed by atoms with Crippen molar-refractivity contribution in [1.29, 1.82) is 0 Å².